The zero-order chi connectivity index (χ0) is 16.4. The van der Waals surface area contributed by atoms with Crippen molar-refractivity contribution in [3.05, 3.63) is 48.2 Å². The van der Waals surface area contributed by atoms with Crippen LogP contribution in [0.5, 0.6) is 0 Å². The molecule has 4 heteroatoms. The summed E-state index contributed by atoms with van der Waals surface area (Å²) >= 11 is 0. The number of fused-ring (bicyclic) bond motifs is 1. The van der Waals surface area contributed by atoms with Gasteiger partial charge in [0.1, 0.15) is 17.5 Å². The van der Waals surface area contributed by atoms with Gasteiger partial charge in [0.05, 0.1) is 6.54 Å². The largest absolute Gasteiger partial charge is 0.334 e. The van der Waals surface area contributed by atoms with Crippen molar-refractivity contribution in [1.29, 1.82) is 0 Å². The van der Waals surface area contributed by atoms with Gasteiger partial charge in [-0.3, -0.25) is 4.79 Å². The van der Waals surface area contributed by atoms with E-state index >= 15 is 0 Å². The van der Waals surface area contributed by atoms with Crippen molar-refractivity contribution in [3.8, 4) is 11.3 Å². The Morgan fingerprint density at radius 2 is 1.83 bits per heavy atom. The third kappa shape index (κ3) is 2.58. The van der Waals surface area contributed by atoms with Gasteiger partial charge in [-0.25, -0.2) is 0 Å². The number of hydrogen-bond donors (Lipinski definition) is 0. The van der Waals surface area contributed by atoms with Crippen molar-refractivity contribution in [2.75, 3.05) is 6.54 Å². The highest BCUT2D eigenvalue weighted by Crippen LogP contribution is 2.32. The Hall–Kier alpha value is -2.36. The zero-order valence-electron chi connectivity index (χ0n) is 13.7. The van der Waals surface area contributed by atoms with Crippen LogP contribution in [0.1, 0.15) is 37.2 Å². The van der Waals surface area contributed by atoms with Gasteiger partial charge in [0.2, 0.25) is 0 Å². The smallest absolute Gasteiger partial charge is 0.271 e. The second-order valence-corrected chi connectivity index (χ2v) is 6.34. The molecule has 2 heterocycles. The molecule has 4 nitrogen and oxygen atoms in total. The summed E-state index contributed by atoms with van der Waals surface area (Å²) in [6.45, 7) is 5.06. The second-order valence-electron chi connectivity index (χ2n) is 6.34. The highest BCUT2D eigenvalue weighted by Gasteiger charge is 2.42. The van der Waals surface area contributed by atoms with Crippen molar-refractivity contribution in [1.82, 2.24) is 9.47 Å². The summed E-state index contributed by atoms with van der Waals surface area (Å²) in [6, 6.07) is 13.8. The van der Waals surface area contributed by atoms with E-state index in [0.29, 0.717) is 18.8 Å². The SMILES string of the molecule is CCCCN1C(=O)c2ccc(-c3ccccc3)n2CC1(C)C=O. The summed E-state index contributed by atoms with van der Waals surface area (Å²) < 4.78 is 1.98. The molecule has 1 atom stereocenters. The number of unbranched alkanes of at least 4 members (excludes halogenated alkanes) is 1. The number of benzene rings is 1. The summed E-state index contributed by atoms with van der Waals surface area (Å²) in [7, 11) is 0. The van der Waals surface area contributed by atoms with Crippen molar-refractivity contribution in [3.63, 3.8) is 0 Å². The van der Waals surface area contributed by atoms with E-state index in [1.54, 1.807) is 4.90 Å². The maximum atomic E-state index is 12.9. The Balaban J connectivity index is 2.05. The molecule has 0 saturated heterocycles. The van der Waals surface area contributed by atoms with E-state index in [2.05, 4.69) is 6.92 Å². The molecular weight excluding hydrogens is 288 g/mol. The van der Waals surface area contributed by atoms with Gasteiger partial charge in [0, 0.05) is 12.2 Å². The molecule has 0 radical (unpaired) electrons. The molecule has 23 heavy (non-hydrogen) atoms. The van der Waals surface area contributed by atoms with Gasteiger partial charge in [0.25, 0.3) is 5.91 Å². The van der Waals surface area contributed by atoms with E-state index in [0.717, 1.165) is 30.4 Å². The molecule has 1 aliphatic heterocycles. The van der Waals surface area contributed by atoms with Crippen LogP contribution >= 0.6 is 0 Å². The van der Waals surface area contributed by atoms with E-state index in [-0.39, 0.29) is 5.91 Å². The molecule has 1 amide bonds. The number of carbonyl (C=O) groups is 2. The maximum Gasteiger partial charge on any atom is 0.271 e. The summed E-state index contributed by atoms with van der Waals surface area (Å²) in [4.78, 5) is 26.4. The Bertz CT molecular complexity index is 720. The average Bonchev–Trinajstić information content (AvgIpc) is 2.99. The normalized spacial score (nSPS) is 20.4. The van der Waals surface area contributed by atoms with Crippen molar-refractivity contribution < 1.29 is 9.59 Å². The zero-order valence-corrected chi connectivity index (χ0v) is 13.7. The standard InChI is InChI=1S/C19H22N2O2/c1-3-4-12-21-18(23)17-11-10-16(15-8-6-5-7-9-15)20(17)13-19(21,2)14-22/h5-11,14H,3-4,12-13H2,1-2H3. The molecule has 1 aromatic heterocycles. The third-order valence-corrected chi connectivity index (χ3v) is 4.60. The lowest BCUT2D eigenvalue weighted by Crippen LogP contribution is -2.57. The first-order valence-corrected chi connectivity index (χ1v) is 8.14. The molecule has 0 fully saturated rings. The van der Waals surface area contributed by atoms with Gasteiger partial charge in [0.15, 0.2) is 0 Å². The van der Waals surface area contributed by atoms with Crippen LogP contribution in [0.3, 0.4) is 0 Å². The lowest BCUT2D eigenvalue weighted by Gasteiger charge is -2.42. The number of carbonyl (C=O) groups excluding carboxylic acids is 2. The molecule has 1 aliphatic rings. The Labute approximate surface area is 136 Å². The maximum absolute atomic E-state index is 12.9. The molecule has 0 N–H and O–H groups in total. The number of aldehydes is 1. The first-order valence-electron chi connectivity index (χ1n) is 8.14. The quantitative estimate of drug-likeness (QED) is 0.795. The number of rotatable bonds is 5. The fourth-order valence-corrected chi connectivity index (χ4v) is 3.24. The monoisotopic (exact) mass is 310 g/mol. The van der Waals surface area contributed by atoms with E-state index in [1.165, 1.54) is 0 Å². The molecule has 0 spiro atoms. The molecule has 3 rings (SSSR count). The predicted octanol–water partition coefficient (Wildman–Crippen LogP) is 3.37. The average molecular weight is 310 g/mol. The lowest BCUT2D eigenvalue weighted by atomic mass is 9.97. The van der Waals surface area contributed by atoms with Crippen molar-refractivity contribution in [2.45, 2.75) is 38.8 Å². The van der Waals surface area contributed by atoms with Crippen molar-refractivity contribution in [2.24, 2.45) is 0 Å². The molecule has 1 aromatic carbocycles. The van der Waals surface area contributed by atoms with Gasteiger partial charge < -0.3 is 14.3 Å². The first kappa shape index (κ1) is 15.5. The van der Waals surface area contributed by atoms with E-state index < -0.39 is 5.54 Å². The molecular formula is C19H22N2O2. The summed E-state index contributed by atoms with van der Waals surface area (Å²) in [5.74, 6) is -0.0542. The molecule has 120 valence electrons. The van der Waals surface area contributed by atoms with E-state index in [1.807, 2.05) is 54.0 Å². The number of nitrogens with zero attached hydrogens (tertiary/aromatic N) is 2. The van der Waals surface area contributed by atoms with E-state index in [9.17, 15) is 9.59 Å². The fraction of sp³-hybridized carbons (Fsp3) is 0.368. The summed E-state index contributed by atoms with van der Waals surface area (Å²) in [5, 5.41) is 0. The molecule has 2 aromatic rings. The summed E-state index contributed by atoms with van der Waals surface area (Å²) in [5.41, 5.74) is 1.92. The summed E-state index contributed by atoms with van der Waals surface area (Å²) in [6.07, 6.45) is 2.81. The molecule has 0 bridgehead atoms. The Morgan fingerprint density at radius 1 is 1.13 bits per heavy atom. The number of aromatic nitrogens is 1. The Morgan fingerprint density at radius 3 is 2.48 bits per heavy atom. The number of hydrogen-bond acceptors (Lipinski definition) is 2. The van der Waals surface area contributed by atoms with Crippen LogP contribution < -0.4 is 0 Å². The van der Waals surface area contributed by atoms with Crippen LogP contribution in [-0.2, 0) is 11.3 Å². The molecule has 1 unspecified atom stereocenters. The second kappa shape index (κ2) is 6.03. The molecule has 0 saturated carbocycles. The Kier molecular flexibility index (Phi) is 4.07. The van der Waals surface area contributed by atoms with Gasteiger partial charge >= 0.3 is 0 Å². The highest BCUT2D eigenvalue weighted by atomic mass is 16.2. The van der Waals surface area contributed by atoms with Crippen LogP contribution in [0.4, 0.5) is 0 Å². The lowest BCUT2D eigenvalue weighted by molar-refractivity contribution is -0.117. The fourth-order valence-electron chi connectivity index (χ4n) is 3.24. The topological polar surface area (TPSA) is 42.3 Å². The number of amides is 1. The highest BCUT2D eigenvalue weighted by molar-refractivity contribution is 5.97. The predicted molar refractivity (Wildman–Crippen MR) is 90.3 cm³/mol. The van der Waals surface area contributed by atoms with Crippen LogP contribution in [0.15, 0.2) is 42.5 Å². The third-order valence-electron chi connectivity index (χ3n) is 4.60. The van der Waals surface area contributed by atoms with Crippen LogP contribution in [0.2, 0.25) is 0 Å². The van der Waals surface area contributed by atoms with Crippen LogP contribution in [-0.4, -0.2) is 33.7 Å². The first-order chi connectivity index (χ1) is 11.1. The molecule has 0 aliphatic carbocycles. The van der Waals surface area contributed by atoms with Gasteiger partial charge in [-0.2, -0.15) is 0 Å². The van der Waals surface area contributed by atoms with Gasteiger partial charge in [-0.1, -0.05) is 43.7 Å². The van der Waals surface area contributed by atoms with Crippen LogP contribution in [0, 0.1) is 0 Å². The minimum absolute atomic E-state index is 0.0542. The van der Waals surface area contributed by atoms with Crippen LogP contribution in [0.25, 0.3) is 11.3 Å². The minimum atomic E-state index is -0.790. The minimum Gasteiger partial charge on any atom is -0.334 e. The van der Waals surface area contributed by atoms with Crippen molar-refractivity contribution >= 4 is 12.2 Å². The van der Waals surface area contributed by atoms with Gasteiger partial charge in [-0.15, -0.1) is 0 Å². The van der Waals surface area contributed by atoms with Gasteiger partial charge in [-0.05, 0) is 31.0 Å². The van der Waals surface area contributed by atoms with E-state index in [4.69, 9.17) is 0 Å².